The topological polar surface area (TPSA) is 46.0 Å². The summed E-state index contributed by atoms with van der Waals surface area (Å²) in [5.41, 5.74) is 3.16. The van der Waals surface area contributed by atoms with Crippen molar-refractivity contribution in [2.24, 2.45) is 0 Å². The number of aromatic hydroxyl groups is 1. The lowest BCUT2D eigenvalue weighted by atomic mass is 9.87. The molecule has 0 saturated heterocycles. The third kappa shape index (κ3) is 3.62. The Bertz CT molecular complexity index is 772. The molecule has 2 aromatic rings. The first-order chi connectivity index (χ1) is 11.9. The summed E-state index contributed by atoms with van der Waals surface area (Å²) in [6.45, 7) is 2.12. The van der Waals surface area contributed by atoms with Crippen LogP contribution in [0.1, 0.15) is 55.0 Å². The summed E-state index contributed by atoms with van der Waals surface area (Å²) in [5, 5.41) is 18.8. The van der Waals surface area contributed by atoms with Crippen molar-refractivity contribution in [2.45, 2.75) is 58.0 Å². The Morgan fingerprint density at radius 1 is 1.08 bits per heavy atom. The first-order valence-electron chi connectivity index (χ1n) is 8.69. The molecule has 1 heterocycles. The zero-order valence-corrected chi connectivity index (χ0v) is 14.2. The summed E-state index contributed by atoms with van der Waals surface area (Å²) in [6.07, 6.45) is 2.31. The van der Waals surface area contributed by atoms with E-state index in [1.54, 1.807) is 0 Å². The molecule has 6 heteroatoms. The molecule has 1 aliphatic carbocycles. The maximum Gasteiger partial charge on any atom is 0.416 e. The summed E-state index contributed by atoms with van der Waals surface area (Å²) in [7, 11) is 0. The maximum absolute atomic E-state index is 12.8. The molecule has 0 aliphatic heterocycles. The fraction of sp³-hybridized carbons (Fsp3) is 0.474. The van der Waals surface area contributed by atoms with E-state index < -0.39 is 17.5 Å². The van der Waals surface area contributed by atoms with Crippen LogP contribution in [0, 0.1) is 0 Å². The number of rotatable bonds is 4. The SMILES string of the molecule is CCCCc1nnc(-c2ccc(C(F)(F)F)cc2O)c2c1CCCC2. The minimum Gasteiger partial charge on any atom is -0.507 e. The van der Waals surface area contributed by atoms with Crippen LogP contribution in [0.2, 0.25) is 0 Å². The van der Waals surface area contributed by atoms with Gasteiger partial charge in [-0.25, -0.2) is 0 Å². The number of phenolic OH excluding ortho intramolecular Hbond substituents is 1. The number of fused-ring (bicyclic) bond motifs is 1. The fourth-order valence-electron chi connectivity index (χ4n) is 3.39. The summed E-state index contributed by atoms with van der Waals surface area (Å²) in [5.74, 6) is -0.404. The highest BCUT2D eigenvalue weighted by Crippen LogP contribution is 2.39. The highest BCUT2D eigenvalue weighted by atomic mass is 19.4. The molecule has 25 heavy (non-hydrogen) atoms. The van der Waals surface area contributed by atoms with Crippen LogP contribution in [-0.4, -0.2) is 15.3 Å². The summed E-state index contributed by atoms with van der Waals surface area (Å²) in [6, 6.07) is 3.04. The molecule has 1 aromatic heterocycles. The van der Waals surface area contributed by atoms with Gasteiger partial charge in [-0.15, -0.1) is 5.10 Å². The number of unbranched alkanes of at least 4 members (excludes halogenated alkanes) is 1. The van der Waals surface area contributed by atoms with Gasteiger partial charge < -0.3 is 5.11 Å². The van der Waals surface area contributed by atoms with E-state index in [1.807, 2.05) is 0 Å². The van der Waals surface area contributed by atoms with Crippen LogP contribution in [0.3, 0.4) is 0 Å². The largest absolute Gasteiger partial charge is 0.507 e. The third-order valence-electron chi connectivity index (χ3n) is 4.72. The lowest BCUT2D eigenvalue weighted by Gasteiger charge is -2.21. The molecule has 0 spiro atoms. The number of phenols is 1. The molecular weight excluding hydrogens is 329 g/mol. The number of aromatic nitrogens is 2. The molecule has 0 unspecified atom stereocenters. The van der Waals surface area contributed by atoms with Crippen molar-refractivity contribution in [3.63, 3.8) is 0 Å². The molecule has 3 rings (SSSR count). The molecule has 3 nitrogen and oxygen atoms in total. The number of benzene rings is 1. The third-order valence-corrected chi connectivity index (χ3v) is 4.72. The molecule has 0 atom stereocenters. The highest BCUT2D eigenvalue weighted by Gasteiger charge is 2.31. The Morgan fingerprint density at radius 3 is 2.44 bits per heavy atom. The molecular formula is C19H21F3N2O. The molecule has 1 aliphatic rings. The molecule has 0 radical (unpaired) electrons. The Kier molecular flexibility index (Phi) is 4.97. The average Bonchev–Trinajstić information content (AvgIpc) is 2.59. The fourth-order valence-corrected chi connectivity index (χ4v) is 3.39. The zero-order chi connectivity index (χ0) is 18.0. The van der Waals surface area contributed by atoms with Gasteiger partial charge in [-0.1, -0.05) is 13.3 Å². The van der Waals surface area contributed by atoms with E-state index in [0.717, 1.165) is 68.3 Å². The van der Waals surface area contributed by atoms with E-state index in [9.17, 15) is 18.3 Å². The van der Waals surface area contributed by atoms with Crippen LogP contribution in [0.5, 0.6) is 5.75 Å². The van der Waals surface area contributed by atoms with Crippen LogP contribution >= 0.6 is 0 Å². The summed E-state index contributed by atoms with van der Waals surface area (Å²) >= 11 is 0. The van der Waals surface area contributed by atoms with Crippen molar-refractivity contribution in [3.8, 4) is 17.0 Å². The van der Waals surface area contributed by atoms with E-state index in [1.165, 1.54) is 11.6 Å². The normalized spacial score (nSPS) is 14.4. The smallest absolute Gasteiger partial charge is 0.416 e. The second kappa shape index (κ2) is 7.02. The van der Waals surface area contributed by atoms with E-state index in [2.05, 4.69) is 17.1 Å². The first-order valence-corrected chi connectivity index (χ1v) is 8.69. The molecule has 1 aromatic carbocycles. The van der Waals surface area contributed by atoms with Crippen molar-refractivity contribution in [2.75, 3.05) is 0 Å². The van der Waals surface area contributed by atoms with Crippen molar-refractivity contribution in [1.29, 1.82) is 0 Å². The number of alkyl halides is 3. The molecule has 0 amide bonds. The number of hydrogen-bond donors (Lipinski definition) is 1. The van der Waals surface area contributed by atoms with Crippen LogP contribution in [0.4, 0.5) is 13.2 Å². The van der Waals surface area contributed by atoms with Crippen molar-refractivity contribution in [1.82, 2.24) is 10.2 Å². The highest BCUT2D eigenvalue weighted by molar-refractivity contribution is 5.71. The van der Waals surface area contributed by atoms with Gasteiger partial charge in [-0.2, -0.15) is 18.3 Å². The van der Waals surface area contributed by atoms with Gasteiger partial charge in [0.05, 0.1) is 11.3 Å². The van der Waals surface area contributed by atoms with Gasteiger partial charge >= 0.3 is 6.18 Å². The van der Waals surface area contributed by atoms with E-state index in [0.29, 0.717) is 11.3 Å². The van der Waals surface area contributed by atoms with Crippen molar-refractivity contribution >= 4 is 0 Å². The monoisotopic (exact) mass is 350 g/mol. The standard InChI is InChI=1S/C19H21F3N2O/c1-2-3-8-16-13-6-4-5-7-14(13)18(24-23-16)15-10-9-12(11-17(15)25)19(20,21)22/h9-11,25H,2-8H2,1H3. The number of hydrogen-bond acceptors (Lipinski definition) is 3. The maximum atomic E-state index is 12.8. The minimum absolute atomic E-state index is 0.320. The van der Waals surface area contributed by atoms with Crippen LogP contribution < -0.4 is 0 Å². The van der Waals surface area contributed by atoms with E-state index in [-0.39, 0.29) is 0 Å². The number of halogens is 3. The van der Waals surface area contributed by atoms with Gasteiger partial charge in [0.2, 0.25) is 0 Å². The van der Waals surface area contributed by atoms with Gasteiger partial charge in [0, 0.05) is 5.56 Å². The molecule has 1 N–H and O–H groups in total. The van der Waals surface area contributed by atoms with Gasteiger partial charge in [-0.3, -0.25) is 0 Å². The van der Waals surface area contributed by atoms with Crippen LogP contribution in [0.15, 0.2) is 18.2 Å². The second-order valence-corrected chi connectivity index (χ2v) is 6.49. The molecule has 134 valence electrons. The Balaban J connectivity index is 2.06. The Morgan fingerprint density at radius 2 is 1.80 bits per heavy atom. The molecule has 0 saturated carbocycles. The van der Waals surface area contributed by atoms with Crippen molar-refractivity contribution in [3.05, 3.63) is 40.6 Å². The van der Waals surface area contributed by atoms with Gasteiger partial charge in [-0.05, 0) is 67.9 Å². The molecule has 0 bridgehead atoms. The van der Waals surface area contributed by atoms with Gasteiger partial charge in [0.1, 0.15) is 11.4 Å². The predicted molar refractivity (Wildman–Crippen MR) is 89.4 cm³/mol. The second-order valence-electron chi connectivity index (χ2n) is 6.49. The number of aryl methyl sites for hydroxylation is 1. The van der Waals surface area contributed by atoms with Crippen LogP contribution in [-0.2, 0) is 25.4 Å². The van der Waals surface area contributed by atoms with E-state index in [4.69, 9.17) is 0 Å². The predicted octanol–water partition coefficient (Wildman–Crippen LogP) is 5.09. The lowest BCUT2D eigenvalue weighted by molar-refractivity contribution is -0.137. The first kappa shape index (κ1) is 17.7. The minimum atomic E-state index is -4.48. The zero-order valence-electron chi connectivity index (χ0n) is 14.2. The van der Waals surface area contributed by atoms with Crippen molar-refractivity contribution < 1.29 is 18.3 Å². The summed E-state index contributed by atoms with van der Waals surface area (Å²) < 4.78 is 38.4. The van der Waals surface area contributed by atoms with Gasteiger partial charge in [0.25, 0.3) is 0 Å². The quantitative estimate of drug-likeness (QED) is 0.835. The Hall–Kier alpha value is -2.11. The summed E-state index contributed by atoms with van der Waals surface area (Å²) in [4.78, 5) is 0. The average molecular weight is 350 g/mol. The number of nitrogens with zero attached hydrogens (tertiary/aromatic N) is 2. The Labute approximate surface area is 144 Å². The van der Waals surface area contributed by atoms with E-state index >= 15 is 0 Å². The lowest BCUT2D eigenvalue weighted by Crippen LogP contribution is -2.13. The van der Waals surface area contributed by atoms with Gasteiger partial charge in [0.15, 0.2) is 0 Å². The molecule has 0 fully saturated rings. The van der Waals surface area contributed by atoms with Crippen LogP contribution in [0.25, 0.3) is 11.3 Å².